The van der Waals surface area contributed by atoms with Crippen molar-refractivity contribution in [3.63, 3.8) is 0 Å². The number of anilines is 1. The molecule has 1 aliphatic heterocycles. The van der Waals surface area contributed by atoms with Crippen LogP contribution in [-0.4, -0.2) is 43.0 Å². The van der Waals surface area contributed by atoms with Gasteiger partial charge in [-0.3, -0.25) is 0 Å². The van der Waals surface area contributed by atoms with Crippen LogP contribution < -0.4 is 9.64 Å². The summed E-state index contributed by atoms with van der Waals surface area (Å²) in [6.45, 7) is 3.15. The van der Waals surface area contributed by atoms with E-state index < -0.39 is 0 Å². The van der Waals surface area contributed by atoms with Crippen molar-refractivity contribution in [3.05, 3.63) is 24.3 Å². The third-order valence-corrected chi connectivity index (χ3v) is 3.29. The molecule has 0 saturated carbocycles. The van der Waals surface area contributed by atoms with Gasteiger partial charge in [-0.2, -0.15) is 0 Å². The molecule has 0 N–H and O–H groups in total. The van der Waals surface area contributed by atoms with Crippen LogP contribution in [0.15, 0.2) is 24.3 Å². The van der Waals surface area contributed by atoms with Gasteiger partial charge in [0.05, 0.1) is 0 Å². The van der Waals surface area contributed by atoms with Crippen molar-refractivity contribution in [2.45, 2.75) is 0 Å². The fraction of sp³-hybridized carbons (Fsp3) is 0.417. The van der Waals surface area contributed by atoms with Crippen LogP contribution in [0.5, 0.6) is 5.75 Å². The molecule has 93 valence electrons. The summed E-state index contributed by atoms with van der Waals surface area (Å²) in [6.07, 6.45) is 0. The second kappa shape index (κ2) is 5.43. The Morgan fingerprint density at radius 2 is 2.00 bits per heavy atom. The van der Waals surface area contributed by atoms with E-state index in [1.54, 1.807) is 12.0 Å². The van der Waals surface area contributed by atoms with Gasteiger partial charge in [0.25, 0.3) is 0 Å². The summed E-state index contributed by atoms with van der Waals surface area (Å²) in [4.78, 5) is 15.1. The van der Waals surface area contributed by atoms with Crippen LogP contribution in [0, 0.1) is 0 Å². The number of rotatable bonds is 2. The average Bonchev–Trinajstić information content (AvgIpc) is 2.39. The van der Waals surface area contributed by atoms with Crippen molar-refractivity contribution in [1.29, 1.82) is 0 Å². The number of piperazine rings is 1. The number of carbonyl (C=O) groups is 1. The Morgan fingerprint density at radius 1 is 1.29 bits per heavy atom. The Kier molecular flexibility index (Phi) is 3.92. The molecule has 0 bridgehead atoms. The molecule has 0 aliphatic carbocycles. The molecular formula is C12H15FeN2O2. The number of hydrogen-bond acceptors (Lipinski definition) is 3. The van der Waals surface area contributed by atoms with Crippen LogP contribution in [0.4, 0.5) is 10.5 Å². The van der Waals surface area contributed by atoms with E-state index in [1.807, 2.05) is 18.2 Å². The van der Waals surface area contributed by atoms with E-state index in [9.17, 15) is 4.79 Å². The van der Waals surface area contributed by atoms with E-state index in [-0.39, 0.29) is 4.81 Å². The van der Waals surface area contributed by atoms with E-state index in [1.165, 1.54) is 0 Å². The first-order chi connectivity index (χ1) is 8.20. The number of carbonyl (C=O) groups excluding carboxylic acids is 1. The molecule has 1 fully saturated rings. The topological polar surface area (TPSA) is 32.8 Å². The number of amides is 1. The Bertz CT molecular complexity index is 403. The van der Waals surface area contributed by atoms with Crippen molar-refractivity contribution in [3.8, 4) is 5.75 Å². The number of nitrogens with zero attached hydrogens (tertiary/aromatic N) is 2. The molecule has 4 nitrogen and oxygen atoms in total. The van der Waals surface area contributed by atoms with Crippen LogP contribution in [0.2, 0.25) is 0 Å². The standard InChI is InChI=1S/C12H15N2O2.Fe/c1-16-12-4-2-3-11(9-12)14-7-5-13(10-15)6-8-14;/h2-4,9H,5-8H2,1H3;. The van der Waals surface area contributed by atoms with Crippen LogP contribution in [-0.2, 0) is 16.0 Å². The zero-order chi connectivity index (χ0) is 12.3. The van der Waals surface area contributed by atoms with Gasteiger partial charge in [0.15, 0.2) is 0 Å². The van der Waals surface area contributed by atoms with Gasteiger partial charge < -0.3 is 0 Å². The number of methoxy groups -OCH3 is 1. The molecule has 1 heterocycles. The van der Waals surface area contributed by atoms with Crippen molar-refractivity contribution in [1.82, 2.24) is 4.90 Å². The van der Waals surface area contributed by atoms with Crippen LogP contribution in [0.25, 0.3) is 0 Å². The van der Waals surface area contributed by atoms with Crippen molar-refractivity contribution < 1.29 is 25.5 Å². The van der Waals surface area contributed by atoms with Gasteiger partial charge >= 0.3 is 109 Å². The van der Waals surface area contributed by atoms with Gasteiger partial charge in [-0.05, 0) is 0 Å². The summed E-state index contributed by atoms with van der Waals surface area (Å²) in [5, 5.41) is 0. The van der Waals surface area contributed by atoms with Crippen LogP contribution >= 0.6 is 0 Å². The van der Waals surface area contributed by atoms with Gasteiger partial charge in [0, 0.05) is 0 Å². The first kappa shape index (κ1) is 12.3. The van der Waals surface area contributed by atoms with Crippen LogP contribution in [0.1, 0.15) is 0 Å². The molecule has 0 spiro atoms. The predicted molar refractivity (Wildman–Crippen MR) is 62.2 cm³/mol. The van der Waals surface area contributed by atoms with Gasteiger partial charge in [0.1, 0.15) is 0 Å². The van der Waals surface area contributed by atoms with E-state index in [4.69, 9.17) is 4.74 Å². The molecule has 1 aliphatic rings. The van der Waals surface area contributed by atoms with Crippen molar-refractivity contribution in [2.24, 2.45) is 0 Å². The number of benzene rings is 1. The normalized spacial score (nSPS) is 15.9. The van der Waals surface area contributed by atoms with E-state index in [0.29, 0.717) is 0 Å². The first-order valence-electron chi connectivity index (χ1n) is 5.53. The molecule has 0 aromatic heterocycles. The summed E-state index contributed by atoms with van der Waals surface area (Å²) in [7, 11) is 1.67. The maximum atomic E-state index is 11.1. The second-order valence-electron chi connectivity index (χ2n) is 3.92. The van der Waals surface area contributed by atoms with Gasteiger partial charge in [-0.25, -0.2) is 0 Å². The Labute approximate surface area is 109 Å². The Morgan fingerprint density at radius 3 is 2.59 bits per heavy atom. The molecule has 1 saturated heterocycles. The minimum atomic E-state index is -0.0877. The Balaban J connectivity index is 2.02. The zero-order valence-corrected chi connectivity index (χ0v) is 10.8. The molecule has 5 heteroatoms. The molecule has 1 amide bonds. The third-order valence-electron chi connectivity index (χ3n) is 2.94. The van der Waals surface area contributed by atoms with E-state index in [0.717, 1.165) is 37.6 Å². The summed E-state index contributed by atoms with van der Waals surface area (Å²) in [5.74, 6) is 0.859. The number of hydrogen-bond donors (Lipinski definition) is 0. The SMILES string of the molecule is COc1cccc(N2CCN([C](=O)[Fe])CC2)c1. The van der Waals surface area contributed by atoms with E-state index in [2.05, 4.69) is 27.0 Å². The maximum absolute atomic E-state index is 11.1. The van der Waals surface area contributed by atoms with Gasteiger partial charge in [-0.1, -0.05) is 0 Å². The van der Waals surface area contributed by atoms with E-state index >= 15 is 0 Å². The molecule has 1 aromatic rings. The predicted octanol–water partition coefficient (Wildman–Crippen LogP) is 1.48. The molecule has 17 heavy (non-hydrogen) atoms. The number of ether oxygens (including phenoxy) is 1. The zero-order valence-electron chi connectivity index (χ0n) is 9.70. The summed E-state index contributed by atoms with van der Waals surface area (Å²) in [6, 6.07) is 7.98. The summed E-state index contributed by atoms with van der Waals surface area (Å²) in [5.41, 5.74) is 1.14. The van der Waals surface area contributed by atoms with Crippen molar-refractivity contribution in [2.75, 3.05) is 38.2 Å². The Hall–Kier alpha value is -1.19. The van der Waals surface area contributed by atoms with Gasteiger partial charge in [0.2, 0.25) is 0 Å². The first-order valence-corrected chi connectivity index (χ1v) is 6.08. The van der Waals surface area contributed by atoms with Crippen molar-refractivity contribution >= 4 is 10.5 Å². The molecule has 2 rings (SSSR count). The molecule has 0 unspecified atom stereocenters. The minimum absolute atomic E-state index is 0.0877. The molecular weight excluding hydrogens is 260 g/mol. The molecule has 0 radical (unpaired) electrons. The second-order valence-corrected chi connectivity index (χ2v) is 4.39. The summed E-state index contributed by atoms with van der Waals surface area (Å²) >= 11 is 3.44. The fourth-order valence-electron chi connectivity index (χ4n) is 1.94. The monoisotopic (exact) mass is 275 g/mol. The quantitative estimate of drug-likeness (QED) is 0.766. The van der Waals surface area contributed by atoms with Crippen LogP contribution in [0.3, 0.4) is 0 Å². The fourth-order valence-corrected chi connectivity index (χ4v) is 2.19. The average molecular weight is 275 g/mol. The van der Waals surface area contributed by atoms with Gasteiger partial charge in [-0.15, -0.1) is 0 Å². The summed E-state index contributed by atoms with van der Waals surface area (Å²) < 4.78 is 5.20. The molecule has 0 atom stereocenters. The molecule has 1 aromatic carbocycles. The third kappa shape index (κ3) is 2.93.